The van der Waals surface area contributed by atoms with Crippen LogP contribution in [0.3, 0.4) is 0 Å². The number of likely N-dealkylation sites (N-methyl/N-ethyl adjacent to an activating group) is 1. The zero-order chi connectivity index (χ0) is 15.2. The number of aliphatic hydroxyl groups is 1. The van der Waals surface area contributed by atoms with Gasteiger partial charge in [-0.3, -0.25) is 4.79 Å². The largest absolute Gasteiger partial charge is 0.481 e. The van der Waals surface area contributed by atoms with Gasteiger partial charge in [0.25, 0.3) is 0 Å². The Morgan fingerprint density at radius 3 is 2.73 bits per heavy atom. The van der Waals surface area contributed by atoms with Crippen LogP contribution in [0, 0.1) is 0 Å². The summed E-state index contributed by atoms with van der Waals surface area (Å²) in [5.74, 6) is -2.07. The lowest BCUT2D eigenvalue weighted by atomic mass is 10.2. The predicted molar refractivity (Wildman–Crippen MR) is 41.2 cm³/mol. The molecule has 0 saturated heterocycles. The number of hydrogen-bond acceptors (Lipinski definition) is 2. The fourth-order valence-electron chi connectivity index (χ4n) is 0.455. The molecule has 0 aliphatic rings. The Balaban J connectivity index is 5.60. The zero-order valence-corrected chi connectivity index (χ0v) is 6.33. The molecule has 0 aliphatic heterocycles. The lowest BCUT2D eigenvalue weighted by Gasteiger charge is -2.25. The third-order valence-corrected chi connectivity index (χ3v) is 0.705. The molecule has 2 N–H and O–H groups in total. The van der Waals surface area contributed by atoms with Gasteiger partial charge >= 0.3 is 5.97 Å². The van der Waals surface area contributed by atoms with Crippen molar-refractivity contribution < 1.29 is 29.1 Å². The number of quaternary nitrogens is 1. The Hall–Kier alpha value is -0.610. The monoisotopic (exact) mass is 169 g/mol. The first-order chi connectivity index (χ1) is 7.60. The van der Waals surface area contributed by atoms with Crippen LogP contribution < -0.4 is 0 Å². The van der Waals surface area contributed by atoms with Crippen molar-refractivity contribution in [3.05, 3.63) is 0 Å². The number of carboxylic acids is 1. The van der Waals surface area contributed by atoms with E-state index in [9.17, 15) is 9.90 Å². The van der Waals surface area contributed by atoms with Crippen LogP contribution in [0.1, 0.15) is 16.0 Å². The summed E-state index contributed by atoms with van der Waals surface area (Å²) in [5, 5.41) is 18.2. The van der Waals surface area contributed by atoms with Crippen molar-refractivity contribution >= 4 is 5.97 Å². The van der Waals surface area contributed by atoms with Gasteiger partial charge < -0.3 is 14.7 Å². The molecular formula is C7H16NO3+. The van der Waals surface area contributed by atoms with E-state index in [4.69, 9.17) is 14.7 Å². The molecule has 0 spiro atoms. The quantitative estimate of drug-likeness (QED) is 0.559. The topological polar surface area (TPSA) is 57.5 Å². The van der Waals surface area contributed by atoms with Crippen molar-refractivity contribution in [2.75, 3.05) is 27.6 Å². The molecule has 0 bridgehead atoms. The van der Waals surface area contributed by atoms with Gasteiger partial charge in [0.2, 0.25) is 0 Å². The lowest BCUT2D eigenvalue weighted by Crippen LogP contribution is -2.42. The van der Waals surface area contributed by atoms with Gasteiger partial charge in [-0.25, -0.2) is 0 Å². The molecule has 0 radical (unpaired) electrons. The second-order valence-corrected chi connectivity index (χ2v) is 2.43. The number of hydrogen-bond donors (Lipinski definition) is 2. The maximum atomic E-state index is 10.6. The van der Waals surface area contributed by atoms with Crippen LogP contribution in [0.25, 0.3) is 0 Å². The molecule has 66 valence electrons. The van der Waals surface area contributed by atoms with E-state index in [1.807, 2.05) is 0 Å². The van der Waals surface area contributed by atoms with E-state index in [0.29, 0.717) is 0 Å². The highest BCUT2D eigenvalue weighted by Crippen LogP contribution is 1.98. The van der Waals surface area contributed by atoms with E-state index in [-0.39, 0.29) is 0 Å². The molecule has 1 atom stereocenters. The fraction of sp³-hybridized carbons (Fsp3) is 0.857. The van der Waals surface area contributed by atoms with E-state index >= 15 is 0 Å². The highest BCUT2D eigenvalue weighted by Gasteiger charge is 2.17. The summed E-state index contributed by atoms with van der Waals surface area (Å²) >= 11 is 0. The first-order valence-electron chi connectivity index (χ1n) is 6.35. The van der Waals surface area contributed by atoms with Crippen LogP contribution >= 0.6 is 0 Å². The lowest BCUT2D eigenvalue weighted by molar-refractivity contribution is -0.873. The van der Waals surface area contributed by atoms with Gasteiger partial charge in [-0.1, -0.05) is 0 Å². The smallest absolute Gasteiger partial charge is 0.306 e. The van der Waals surface area contributed by atoms with Gasteiger partial charge in [0, 0.05) is 2.74 Å². The van der Waals surface area contributed by atoms with Gasteiger partial charge in [-0.15, -0.1) is 0 Å². The number of carbonyl (C=O) groups is 1. The van der Waals surface area contributed by atoms with E-state index in [2.05, 4.69) is 0 Å². The second-order valence-electron chi connectivity index (χ2n) is 2.43. The Bertz CT molecular complexity index is 338. The van der Waals surface area contributed by atoms with Crippen LogP contribution in [-0.2, 0) is 4.79 Å². The van der Waals surface area contributed by atoms with Gasteiger partial charge in [0.15, 0.2) is 0 Å². The SMILES string of the molecule is [2H]C([2H])(C(=O)O)[C@@H](O)C([2H])([2H])[N+](C)(C)C([2H])([2H])[2H]. The van der Waals surface area contributed by atoms with Crippen LogP contribution in [0.15, 0.2) is 0 Å². The standard InChI is InChI=1S/C7H15NO3/c1-8(2,3)5-6(9)4-7(10)11/h6,9H,4-5H2,1-3H3/p+1/t6-/m1/s1/i1D3,4D2,5D2. The summed E-state index contributed by atoms with van der Waals surface area (Å²) in [5.41, 5.74) is 0. The summed E-state index contributed by atoms with van der Waals surface area (Å²) in [6.45, 7) is -5.91. The minimum absolute atomic E-state index is 0.925. The van der Waals surface area contributed by atoms with Gasteiger partial charge in [-0.05, 0) is 0 Å². The average Bonchev–Trinajstić information content (AvgIpc) is 2.13. The summed E-state index contributed by atoms with van der Waals surface area (Å²) < 4.78 is 49.5. The first-order valence-corrected chi connectivity index (χ1v) is 2.85. The molecule has 0 aromatic rings. The fourth-order valence-corrected chi connectivity index (χ4v) is 0.455. The van der Waals surface area contributed by atoms with Gasteiger partial charge in [0.05, 0.1) is 34.3 Å². The molecule has 0 rings (SSSR count). The molecule has 0 aromatic heterocycles. The normalized spacial score (nSPS) is 27.7. The maximum Gasteiger partial charge on any atom is 0.306 e. The number of carboxylic acid groups (broad SMARTS) is 1. The summed E-state index contributed by atoms with van der Waals surface area (Å²) in [6.07, 6.45) is -5.94. The Kier molecular flexibility index (Phi) is 1.14. The number of rotatable bonds is 4. The van der Waals surface area contributed by atoms with Crippen molar-refractivity contribution in [3.8, 4) is 0 Å². The number of nitrogens with zero attached hydrogens (tertiary/aromatic N) is 1. The Morgan fingerprint density at radius 2 is 2.36 bits per heavy atom. The molecule has 4 nitrogen and oxygen atoms in total. The van der Waals surface area contributed by atoms with Crippen molar-refractivity contribution in [1.29, 1.82) is 0 Å². The van der Waals surface area contributed by atoms with Crippen LogP contribution in [0.5, 0.6) is 0 Å². The molecule has 0 aliphatic carbocycles. The molecule has 0 fully saturated rings. The molecule has 0 saturated carbocycles. The minimum Gasteiger partial charge on any atom is -0.481 e. The average molecular weight is 169 g/mol. The summed E-state index contributed by atoms with van der Waals surface area (Å²) in [7, 11) is 1.85. The Labute approximate surface area is 76.5 Å². The molecule has 11 heavy (non-hydrogen) atoms. The maximum absolute atomic E-state index is 10.6. The molecular weight excluding hydrogens is 146 g/mol. The van der Waals surface area contributed by atoms with Crippen molar-refractivity contribution in [3.63, 3.8) is 0 Å². The van der Waals surface area contributed by atoms with Gasteiger partial charge in [-0.2, -0.15) is 0 Å². The summed E-state index contributed by atoms with van der Waals surface area (Å²) in [4.78, 5) is 10.6. The van der Waals surface area contributed by atoms with Crippen molar-refractivity contribution in [1.82, 2.24) is 0 Å². The number of aliphatic carboxylic acids is 1. The first kappa shape index (κ1) is 3.41. The molecule has 0 aromatic carbocycles. The van der Waals surface area contributed by atoms with E-state index in [1.165, 1.54) is 0 Å². The van der Waals surface area contributed by atoms with E-state index < -0.39 is 36.4 Å². The van der Waals surface area contributed by atoms with E-state index in [0.717, 1.165) is 14.1 Å². The Morgan fingerprint density at radius 1 is 1.82 bits per heavy atom. The van der Waals surface area contributed by atoms with Gasteiger partial charge in [0.1, 0.15) is 12.6 Å². The predicted octanol–water partition coefficient (Wildman–Crippen LogP) is -0.472. The van der Waals surface area contributed by atoms with Crippen LogP contribution in [-0.4, -0.2) is 54.3 Å². The molecule has 0 unspecified atom stereocenters. The third-order valence-electron chi connectivity index (χ3n) is 0.705. The van der Waals surface area contributed by atoms with Crippen molar-refractivity contribution in [2.45, 2.75) is 12.5 Å². The highest BCUT2D eigenvalue weighted by atomic mass is 16.4. The molecule has 4 heteroatoms. The molecule has 0 amide bonds. The summed E-state index contributed by atoms with van der Waals surface area (Å²) in [6, 6.07) is 0. The van der Waals surface area contributed by atoms with Crippen LogP contribution in [0.2, 0.25) is 0 Å². The molecule has 0 heterocycles. The second kappa shape index (κ2) is 3.69. The van der Waals surface area contributed by atoms with Crippen LogP contribution in [0.4, 0.5) is 0 Å². The zero-order valence-electron chi connectivity index (χ0n) is 13.3. The van der Waals surface area contributed by atoms with Crippen molar-refractivity contribution in [2.24, 2.45) is 0 Å². The third kappa shape index (κ3) is 7.29. The number of aliphatic hydroxyl groups excluding tert-OH is 1. The highest BCUT2D eigenvalue weighted by molar-refractivity contribution is 5.67. The minimum atomic E-state index is -3.30. The van der Waals surface area contributed by atoms with E-state index in [1.54, 1.807) is 0 Å².